The van der Waals surface area contributed by atoms with Gasteiger partial charge in [0.2, 0.25) is 5.91 Å². The summed E-state index contributed by atoms with van der Waals surface area (Å²) in [7, 11) is 0. The molecule has 192 valence electrons. The first-order chi connectivity index (χ1) is 17.8. The van der Waals surface area contributed by atoms with Crippen molar-refractivity contribution in [2.24, 2.45) is 5.73 Å². The standard InChI is InChI=1S/C28H30N4O5/c1-3-28(36)21-13-23-25-19(15-32(23)26(34)20(21)16-37-27(28)35)17(18-10-5-6-11-22(18)30-25)9-7-8-12-31(4-2)24(33)14-29/h5-7,9-11,13,36H,3-4,8,12,14-16,29H2,1-2H3/b9-7+/t28-/m0/s1. The largest absolute Gasteiger partial charge is 0.458 e. The van der Waals surface area contributed by atoms with Crippen LogP contribution in [0.1, 0.15) is 48.9 Å². The molecule has 0 saturated heterocycles. The molecule has 0 saturated carbocycles. The lowest BCUT2D eigenvalue weighted by atomic mass is 9.86. The van der Waals surface area contributed by atoms with E-state index in [1.807, 2.05) is 43.3 Å². The monoisotopic (exact) mass is 502 g/mol. The third-order valence-corrected chi connectivity index (χ3v) is 7.40. The zero-order valence-electron chi connectivity index (χ0n) is 21.0. The summed E-state index contributed by atoms with van der Waals surface area (Å²) >= 11 is 0. The van der Waals surface area contributed by atoms with Crippen LogP contribution in [-0.2, 0) is 33.1 Å². The molecule has 3 N–H and O–H groups in total. The second-order valence-electron chi connectivity index (χ2n) is 9.34. The van der Waals surface area contributed by atoms with Gasteiger partial charge in [-0.25, -0.2) is 9.78 Å². The summed E-state index contributed by atoms with van der Waals surface area (Å²) in [5.41, 5.74) is 7.81. The summed E-state index contributed by atoms with van der Waals surface area (Å²) in [6.45, 7) is 4.91. The van der Waals surface area contributed by atoms with Crippen LogP contribution in [0, 0.1) is 0 Å². The lowest BCUT2D eigenvalue weighted by Gasteiger charge is -2.31. The summed E-state index contributed by atoms with van der Waals surface area (Å²) in [6.07, 6.45) is 4.79. The first kappa shape index (κ1) is 24.9. The highest BCUT2D eigenvalue weighted by molar-refractivity contribution is 5.93. The van der Waals surface area contributed by atoms with Gasteiger partial charge in [-0.15, -0.1) is 0 Å². The van der Waals surface area contributed by atoms with Crippen molar-refractivity contribution in [2.75, 3.05) is 19.6 Å². The van der Waals surface area contributed by atoms with Crippen molar-refractivity contribution in [2.45, 2.75) is 45.4 Å². The normalized spacial score (nSPS) is 18.0. The summed E-state index contributed by atoms with van der Waals surface area (Å²) in [4.78, 5) is 44.5. The van der Waals surface area contributed by atoms with E-state index in [0.29, 0.717) is 48.6 Å². The van der Waals surface area contributed by atoms with Crippen LogP contribution in [0.15, 0.2) is 41.2 Å². The van der Waals surface area contributed by atoms with E-state index in [0.717, 1.165) is 22.0 Å². The summed E-state index contributed by atoms with van der Waals surface area (Å²) in [6, 6.07) is 9.50. The number of rotatable bonds is 7. The molecule has 2 aliphatic rings. The number of nitrogens with zero attached hydrogens (tertiary/aromatic N) is 3. The zero-order valence-corrected chi connectivity index (χ0v) is 21.0. The maximum Gasteiger partial charge on any atom is 0.343 e. The van der Waals surface area contributed by atoms with Gasteiger partial charge in [-0.3, -0.25) is 9.59 Å². The molecule has 1 amide bonds. The Morgan fingerprint density at radius 3 is 2.78 bits per heavy atom. The number of fused-ring (bicyclic) bond motifs is 5. The summed E-state index contributed by atoms with van der Waals surface area (Å²) < 4.78 is 6.81. The van der Waals surface area contributed by atoms with E-state index in [1.165, 1.54) is 0 Å². The van der Waals surface area contributed by atoms with Crippen molar-refractivity contribution in [3.8, 4) is 11.4 Å². The fourth-order valence-corrected chi connectivity index (χ4v) is 5.27. The highest BCUT2D eigenvalue weighted by atomic mass is 16.6. The number of pyridine rings is 2. The quantitative estimate of drug-likeness (QED) is 0.371. The number of carbonyl (C=O) groups excluding carboxylic acids is 2. The van der Waals surface area contributed by atoms with Gasteiger partial charge in [-0.05, 0) is 37.5 Å². The summed E-state index contributed by atoms with van der Waals surface area (Å²) in [5, 5.41) is 12.1. The van der Waals surface area contributed by atoms with Crippen LogP contribution in [0.2, 0.25) is 0 Å². The first-order valence-electron chi connectivity index (χ1n) is 12.6. The number of nitrogens with two attached hydrogens (primary N) is 1. The van der Waals surface area contributed by atoms with E-state index in [-0.39, 0.29) is 31.0 Å². The minimum atomic E-state index is -1.86. The van der Waals surface area contributed by atoms with Crippen LogP contribution in [0.25, 0.3) is 28.4 Å². The number of amides is 1. The Morgan fingerprint density at radius 2 is 2.05 bits per heavy atom. The van der Waals surface area contributed by atoms with Gasteiger partial charge >= 0.3 is 5.97 Å². The molecule has 0 spiro atoms. The predicted molar refractivity (Wildman–Crippen MR) is 139 cm³/mol. The molecule has 0 aliphatic carbocycles. The number of aliphatic hydroxyl groups is 1. The molecule has 0 unspecified atom stereocenters. The van der Waals surface area contributed by atoms with E-state index in [9.17, 15) is 19.5 Å². The number of cyclic esters (lactones) is 1. The molecule has 2 aliphatic heterocycles. The van der Waals surface area contributed by atoms with E-state index in [2.05, 4.69) is 0 Å². The van der Waals surface area contributed by atoms with E-state index >= 15 is 0 Å². The predicted octanol–water partition coefficient (Wildman–Crippen LogP) is 2.29. The number of aromatic nitrogens is 2. The van der Waals surface area contributed by atoms with Crippen molar-refractivity contribution in [3.05, 3.63) is 69.0 Å². The molecular formula is C28H30N4O5. The number of ether oxygens (including phenoxy) is 1. The molecule has 3 aromatic rings. The van der Waals surface area contributed by atoms with Gasteiger partial charge < -0.3 is 25.0 Å². The average molecular weight is 503 g/mol. The molecule has 0 fully saturated rings. The number of likely N-dealkylation sites (N-methyl/N-ethyl adjacent to an activating group) is 1. The Labute approximate surface area is 214 Å². The van der Waals surface area contributed by atoms with E-state index in [4.69, 9.17) is 15.5 Å². The molecule has 4 heterocycles. The van der Waals surface area contributed by atoms with Crippen molar-refractivity contribution >= 4 is 28.9 Å². The number of hydrogen-bond donors (Lipinski definition) is 2. The molecule has 37 heavy (non-hydrogen) atoms. The molecule has 5 rings (SSSR count). The molecule has 1 atom stereocenters. The van der Waals surface area contributed by atoms with Crippen LogP contribution in [0.4, 0.5) is 0 Å². The van der Waals surface area contributed by atoms with Gasteiger partial charge in [0, 0.05) is 29.6 Å². The Morgan fingerprint density at radius 1 is 1.27 bits per heavy atom. The third kappa shape index (κ3) is 3.95. The Balaban J connectivity index is 1.61. The molecule has 0 bridgehead atoms. The van der Waals surface area contributed by atoms with E-state index < -0.39 is 11.6 Å². The van der Waals surface area contributed by atoms with Crippen molar-refractivity contribution < 1.29 is 19.4 Å². The molecule has 0 radical (unpaired) electrons. The lowest BCUT2D eigenvalue weighted by Crippen LogP contribution is -2.44. The SMILES string of the molecule is CCN(CC/C=C/c1c2c(nc3ccccc13)-c1cc3c(c(=O)n1C2)COC(=O)[C@]3(O)CC)C(=O)CN. The Bertz CT molecular complexity index is 1510. The minimum absolute atomic E-state index is 0.0131. The second-order valence-corrected chi connectivity index (χ2v) is 9.34. The van der Waals surface area contributed by atoms with Gasteiger partial charge in [0.1, 0.15) is 6.61 Å². The fourth-order valence-electron chi connectivity index (χ4n) is 5.27. The highest BCUT2D eigenvalue weighted by Gasteiger charge is 2.45. The number of carbonyl (C=O) groups is 2. The summed E-state index contributed by atoms with van der Waals surface area (Å²) in [5.74, 6) is -0.825. The van der Waals surface area contributed by atoms with Crippen LogP contribution < -0.4 is 11.3 Å². The smallest absolute Gasteiger partial charge is 0.343 e. The third-order valence-electron chi connectivity index (χ3n) is 7.40. The topological polar surface area (TPSA) is 128 Å². The van der Waals surface area contributed by atoms with Gasteiger partial charge in [0.15, 0.2) is 5.60 Å². The van der Waals surface area contributed by atoms with Crippen LogP contribution >= 0.6 is 0 Å². The van der Waals surface area contributed by atoms with Crippen LogP contribution in [0.3, 0.4) is 0 Å². The van der Waals surface area contributed by atoms with Crippen molar-refractivity contribution in [1.29, 1.82) is 0 Å². The van der Waals surface area contributed by atoms with Crippen molar-refractivity contribution in [1.82, 2.24) is 14.5 Å². The Hall–Kier alpha value is -3.82. The lowest BCUT2D eigenvalue weighted by molar-refractivity contribution is -0.172. The number of benzene rings is 1. The van der Waals surface area contributed by atoms with Crippen LogP contribution in [0.5, 0.6) is 0 Å². The highest BCUT2D eigenvalue weighted by Crippen LogP contribution is 2.40. The van der Waals surface area contributed by atoms with E-state index in [1.54, 1.807) is 22.5 Å². The molecule has 9 heteroatoms. The fraction of sp³-hybridized carbons (Fsp3) is 0.357. The average Bonchev–Trinajstić information content (AvgIpc) is 3.28. The number of hydrogen-bond acceptors (Lipinski definition) is 7. The minimum Gasteiger partial charge on any atom is -0.458 e. The van der Waals surface area contributed by atoms with Crippen LogP contribution in [-0.4, -0.2) is 51.1 Å². The Kier molecular flexibility index (Phi) is 6.43. The first-order valence-corrected chi connectivity index (χ1v) is 12.6. The van der Waals surface area contributed by atoms with Gasteiger partial charge in [-0.1, -0.05) is 37.3 Å². The number of para-hydroxylation sites is 1. The van der Waals surface area contributed by atoms with Crippen molar-refractivity contribution in [3.63, 3.8) is 0 Å². The number of esters is 1. The molecule has 2 aromatic heterocycles. The second kappa shape index (κ2) is 9.57. The van der Waals surface area contributed by atoms with Gasteiger partial charge in [-0.2, -0.15) is 0 Å². The maximum atomic E-state index is 13.5. The molecule has 1 aromatic carbocycles. The zero-order chi connectivity index (χ0) is 26.3. The van der Waals surface area contributed by atoms with Gasteiger partial charge in [0.05, 0.1) is 35.6 Å². The molecular weight excluding hydrogens is 472 g/mol. The molecule has 9 nitrogen and oxygen atoms in total. The van der Waals surface area contributed by atoms with Gasteiger partial charge in [0.25, 0.3) is 5.56 Å². The maximum absolute atomic E-state index is 13.5.